The summed E-state index contributed by atoms with van der Waals surface area (Å²) in [7, 11) is 1.88. The molecule has 1 atom stereocenters. The van der Waals surface area contributed by atoms with Crippen LogP contribution in [0, 0.1) is 0 Å². The van der Waals surface area contributed by atoms with E-state index in [9.17, 15) is 4.79 Å². The van der Waals surface area contributed by atoms with Gasteiger partial charge >= 0.3 is 0 Å². The molecule has 2 heterocycles. The second-order valence-electron chi connectivity index (χ2n) is 5.99. The van der Waals surface area contributed by atoms with Crippen LogP contribution in [0.4, 0.5) is 0 Å². The van der Waals surface area contributed by atoms with Crippen molar-refractivity contribution in [2.45, 2.75) is 32.7 Å². The van der Waals surface area contributed by atoms with Crippen LogP contribution in [0.5, 0.6) is 0 Å². The van der Waals surface area contributed by atoms with Gasteiger partial charge in [-0.3, -0.25) is 4.79 Å². The highest BCUT2D eigenvalue weighted by Gasteiger charge is 2.20. The van der Waals surface area contributed by atoms with Crippen LogP contribution in [0.3, 0.4) is 0 Å². The first kappa shape index (κ1) is 15.3. The number of aryl methyl sites for hydroxylation is 1. The molecule has 0 aliphatic heterocycles. The lowest BCUT2D eigenvalue weighted by Gasteiger charge is -2.10. The Bertz CT molecular complexity index is 847. The molecule has 1 aromatic carbocycles. The smallest absolute Gasteiger partial charge is 0.268 e. The predicted octanol–water partition coefficient (Wildman–Crippen LogP) is 3.18. The molecule has 0 aliphatic rings. The highest BCUT2D eigenvalue weighted by atomic mass is 16.5. The van der Waals surface area contributed by atoms with Gasteiger partial charge in [-0.1, -0.05) is 37.2 Å². The molecule has 2 aromatic heterocycles. The second kappa shape index (κ2) is 5.87. The van der Waals surface area contributed by atoms with Crippen molar-refractivity contribution in [3.8, 4) is 0 Å². The van der Waals surface area contributed by atoms with Crippen molar-refractivity contribution in [3.05, 3.63) is 47.7 Å². The molecular formula is C17H20N4O2. The van der Waals surface area contributed by atoms with E-state index in [1.807, 2.05) is 62.7 Å². The molecule has 3 rings (SSSR count). The van der Waals surface area contributed by atoms with Crippen molar-refractivity contribution in [1.29, 1.82) is 0 Å². The SMILES string of the molecule is CC(C)c1noc([C@H](C)NC(=O)c2cc3ccccc3n2C)n1. The number of hydrogen-bond acceptors (Lipinski definition) is 4. The molecule has 0 spiro atoms. The molecule has 0 saturated carbocycles. The summed E-state index contributed by atoms with van der Waals surface area (Å²) in [5, 5.41) is 7.87. The lowest BCUT2D eigenvalue weighted by molar-refractivity contribution is 0.0924. The van der Waals surface area contributed by atoms with Gasteiger partial charge in [-0.05, 0) is 19.1 Å². The molecular weight excluding hydrogens is 292 g/mol. The summed E-state index contributed by atoms with van der Waals surface area (Å²) in [4.78, 5) is 16.9. The zero-order chi connectivity index (χ0) is 16.6. The van der Waals surface area contributed by atoms with Gasteiger partial charge in [0.25, 0.3) is 5.91 Å². The number of carbonyl (C=O) groups excluding carboxylic acids is 1. The van der Waals surface area contributed by atoms with E-state index in [1.165, 1.54) is 0 Å². The van der Waals surface area contributed by atoms with Crippen molar-refractivity contribution in [3.63, 3.8) is 0 Å². The molecule has 0 fully saturated rings. The first-order valence-electron chi connectivity index (χ1n) is 7.66. The van der Waals surface area contributed by atoms with Gasteiger partial charge in [0.1, 0.15) is 11.7 Å². The maximum Gasteiger partial charge on any atom is 0.268 e. The molecule has 0 bridgehead atoms. The van der Waals surface area contributed by atoms with Gasteiger partial charge in [-0.25, -0.2) is 0 Å². The molecule has 0 aliphatic carbocycles. The summed E-state index contributed by atoms with van der Waals surface area (Å²) in [6.07, 6.45) is 0. The van der Waals surface area contributed by atoms with Gasteiger partial charge in [0, 0.05) is 23.9 Å². The molecule has 1 amide bonds. The topological polar surface area (TPSA) is 73.0 Å². The fraction of sp³-hybridized carbons (Fsp3) is 0.353. The Balaban J connectivity index is 1.80. The normalized spacial score (nSPS) is 12.7. The van der Waals surface area contributed by atoms with Crippen LogP contribution in [-0.2, 0) is 7.05 Å². The number of nitrogens with one attached hydrogen (secondary N) is 1. The minimum Gasteiger partial charge on any atom is -0.340 e. The molecule has 1 N–H and O–H groups in total. The van der Waals surface area contributed by atoms with Crippen LogP contribution in [0.25, 0.3) is 10.9 Å². The third kappa shape index (κ3) is 2.84. The lowest BCUT2D eigenvalue weighted by Crippen LogP contribution is -2.28. The Labute approximate surface area is 134 Å². The number of nitrogens with zero attached hydrogens (tertiary/aromatic N) is 3. The van der Waals surface area contributed by atoms with Gasteiger partial charge < -0.3 is 14.4 Å². The third-order valence-electron chi connectivity index (χ3n) is 3.88. The number of fused-ring (bicyclic) bond motifs is 1. The van der Waals surface area contributed by atoms with Crippen LogP contribution in [0.1, 0.15) is 54.9 Å². The quantitative estimate of drug-likeness (QED) is 0.803. The monoisotopic (exact) mass is 312 g/mol. The summed E-state index contributed by atoms with van der Waals surface area (Å²) in [5.74, 6) is 1.08. The standard InChI is InChI=1S/C17H20N4O2/c1-10(2)15-19-17(23-20-15)11(3)18-16(22)14-9-12-7-5-6-8-13(12)21(14)4/h5-11H,1-4H3,(H,18,22)/t11-/m0/s1. The molecule has 0 saturated heterocycles. The number of amides is 1. The van der Waals surface area contributed by atoms with E-state index < -0.39 is 0 Å². The minimum atomic E-state index is -0.347. The number of hydrogen-bond donors (Lipinski definition) is 1. The van der Waals surface area contributed by atoms with Crippen molar-refractivity contribution < 1.29 is 9.32 Å². The van der Waals surface area contributed by atoms with Crippen LogP contribution in [0.15, 0.2) is 34.9 Å². The maximum atomic E-state index is 12.5. The molecule has 0 unspecified atom stereocenters. The van der Waals surface area contributed by atoms with Crippen LogP contribution in [0.2, 0.25) is 0 Å². The van der Waals surface area contributed by atoms with Crippen LogP contribution < -0.4 is 5.32 Å². The van der Waals surface area contributed by atoms with Gasteiger partial charge in [-0.2, -0.15) is 4.98 Å². The van der Waals surface area contributed by atoms with Crippen molar-refractivity contribution >= 4 is 16.8 Å². The number of benzene rings is 1. The average Bonchev–Trinajstić information content (AvgIpc) is 3.13. The van der Waals surface area contributed by atoms with E-state index in [0.717, 1.165) is 10.9 Å². The van der Waals surface area contributed by atoms with Crippen LogP contribution in [-0.4, -0.2) is 20.6 Å². The van der Waals surface area contributed by atoms with Crippen molar-refractivity contribution in [2.24, 2.45) is 7.05 Å². The third-order valence-corrected chi connectivity index (χ3v) is 3.88. The van der Waals surface area contributed by atoms with E-state index in [1.54, 1.807) is 0 Å². The van der Waals surface area contributed by atoms with Crippen LogP contribution >= 0.6 is 0 Å². The fourth-order valence-electron chi connectivity index (χ4n) is 2.50. The van der Waals surface area contributed by atoms with Gasteiger partial charge in [0.05, 0.1) is 0 Å². The Morgan fingerprint density at radius 3 is 2.65 bits per heavy atom. The zero-order valence-corrected chi connectivity index (χ0v) is 13.7. The number of rotatable bonds is 4. The second-order valence-corrected chi connectivity index (χ2v) is 5.99. The summed E-state index contributed by atoms with van der Waals surface area (Å²) in [6.45, 7) is 5.82. The lowest BCUT2D eigenvalue weighted by atomic mass is 10.2. The average molecular weight is 312 g/mol. The Morgan fingerprint density at radius 1 is 1.26 bits per heavy atom. The van der Waals surface area contributed by atoms with Crippen molar-refractivity contribution in [2.75, 3.05) is 0 Å². The maximum absolute atomic E-state index is 12.5. The summed E-state index contributed by atoms with van der Waals surface area (Å²) >= 11 is 0. The van der Waals surface area contributed by atoms with E-state index >= 15 is 0 Å². The number of aromatic nitrogens is 3. The molecule has 120 valence electrons. The first-order chi connectivity index (χ1) is 11.0. The Morgan fingerprint density at radius 2 is 2.00 bits per heavy atom. The molecule has 6 heteroatoms. The molecule has 0 radical (unpaired) electrons. The summed E-state index contributed by atoms with van der Waals surface area (Å²) in [6, 6.07) is 9.42. The van der Waals surface area contributed by atoms with E-state index in [0.29, 0.717) is 17.4 Å². The van der Waals surface area contributed by atoms with Gasteiger partial charge in [0.15, 0.2) is 5.82 Å². The molecule has 23 heavy (non-hydrogen) atoms. The van der Waals surface area contributed by atoms with Gasteiger partial charge in [0.2, 0.25) is 5.89 Å². The molecule has 3 aromatic rings. The highest BCUT2D eigenvalue weighted by Crippen LogP contribution is 2.20. The summed E-state index contributed by atoms with van der Waals surface area (Å²) in [5.41, 5.74) is 1.62. The first-order valence-corrected chi connectivity index (χ1v) is 7.66. The van der Waals surface area contributed by atoms with Crippen molar-refractivity contribution in [1.82, 2.24) is 20.0 Å². The fourth-order valence-corrected chi connectivity index (χ4v) is 2.50. The number of para-hydroxylation sites is 1. The summed E-state index contributed by atoms with van der Waals surface area (Å²) < 4.78 is 7.11. The Kier molecular flexibility index (Phi) is 3.90. The predicted molar refractivity (Wildman–Crippen MR) is 87.2 cm³/mol. The van der Waals surface area contributed by atoms with E-state index in [4.69, 9.17) is 4.52 Å². The largest absolute Gasteiger partial charge is 0.340 e. The highest BCUT2D eigenvalue weighted by molar-refractivity contribution is 5.98. The molecule has 6 nitrogen and oxygen atoms in total. The minimum absolute atomic E-state index is 0.166. The van der Waals surface area contributed by atoms with Gasteiger partial charge in [-0.15, -0.1) is 0 Å². The van der Waals surface area contributed by atoms with E-state index in [-0.39, 0.29) is 17.9 Å². The van der Waals surface area contributed by atoms with E-state index in [2.05, 4.69) is 15.5 Å². The zero-order valence-electron chi connectivity index (χ0n) is 13.7. The number of carbonyl (C=O) groups is 1. The Hall–Kier alpha value is -2.63.